The Morgan fingerprint density at radius 3 is 2.65 bits per heavy atom. The summed E-state index contributed by atoms with van der Waals surface area (Å²) >= 11 is 0. The van der Waals surface area contributed by atoms with Crippen LogP contribution < -0.4 is 0 Å². The maximum Gasteiger partial charge on any atom is 0.123 e. The zero-order valence-corrected chi connectivity index (χ0v) is 10.2. The van der Waals surface area contributed by atoms with E-state index in [0.717, 1.165) is 12.0 Å². The highest BCUT2D eigenvalue weighted by Gasteiger charge is 2.23. The van der Waals surface area contributed by atoms with E-state index in [1.807, 2.05) is 6.07 Å². The van der Waals surface area contributed by atoms with Gasteiger partial charge in [-0.1, -0.05) is 44.2 Å². The first-order chi connectivity index (χ1) is 8.29. The van der Waals surface area contributed by atoms with Gasteiger partial charge in [-0.3, -0.25) is 0 Å². The summed E-state index contributed by atoms with van der Waals surface area (Å²) in [6.07, 6.45) is 7.14. The number of hydrogen-bond donors (Lipinski definition) is 1. The van der Waals surface area contributed by atoms with E-state index >= 15 is 0 Å². The Morgan fingerprint density at radius 1 is 1.24 bits per heavy atom. The largest absolute Gasteiger partial charge is 0.396 e. The van der Waals surface area contributed by atoms with Gasteiger partial charge in [-0.05, 0) is 36.0 Å². The van der Waals surface area contributed by atoms with Gasteiger partial charge < -0.3 is 5.11 Å². The number of hydrogen-bond acceptors (Lipinski definition) is 1. The Hall–Kier alpha value is -0.890. The molecular formula is C15H21FO. The van der Waals surface area contributed by atoms with Gasteiger partial charge in [-0.25, -0.2) is 4.39 Å². The van der Waals surface area contributed by atoms with E-state index in [1.54, 1.807) is 12.1 Å². The fraction of sp³-hybridized carbons (Fsp3) is 0.600. The second-order valence-corrected chi connectivity index (χ2v) is 5.17. The molecule has 0 aliphatic heterocycles. The van der Waals surface area contributed by atoms with Crippen LogP contribution in [-0.2, 0) is 6.42 Å². The van der Waals surface area contributed by atoms with Crippen molar-refractivity contribution < 1.29 is 9.50 Å². The van der Waals surface area contributed by atoms with Crippen molar-refractivity contribution in [3.8, 4) is 0 Å². The molecule has 1 aliphatic carbocycles. The smallest absolute Gasteiger partial charge is 0.123 e. The lowest BCUT2D eigenvalue weighted by Crippen LogP contribution is -2.23. The molecule has 0 heterocycles. The zero-order valence-electron chi connectivity index (χ0n) is 10.2. The number of rotatable bonds is 4. The third-order valence-electron chi connectivity index (χ3n) is 3.94. The van der Waals surface area contributed by atoms with Crippen LogP contribution in [0.5, 0.6) is 0 Å². The molecule has 0 spiro atoms. The predicted molar refractivity (Wildman–Crippen MR) is 67.3 cm³/mol. The van der Waals surface area contributed by atoms with Crippen LogP contribution in [0.4, 0.5) is 4.39 Å². The molecule has 1 saturated carbocycles. The van der Waals surface area contributed by atoms with Gasteiger partial charge >= 0.3 is 0 Å². The van der Waals surface area contributed by atoms with E-state index < -0.39 is 0 Å². The van der Waals surface area contributed by atoms with Crippen LogP contribution in [0.15, 0.2) is 24.3 Å². The lowest BCUT2D eigenvalue weighted by Gasteiger charge is -2.29. The minimum atomic E-state index is -0.178. The first kappa shape index (κ1) is 12.6. The molecule has 94 valence electrons. The van der Waals surface area contributed by atoms with Crippen molar-refractivity contribution >= 4 is 0 Å². The molecule has 2 rings (SSSR count). The van der Waals surface area contributed by atoms with Gasteiger partial charge in [0.05, 0.1) is 0 Å². The lowest BCUT2D eigenvalue weighted by atomic mass is 9.78. The van der Waals surface area contributed by atoms with Gasteiger partial charge in [-0.2, -0.15) is 0 Å². The van der Waals surface area contributed by atoms with Crippen molar-refractivity contribution in [2.24, 2.45) is 11.8 Å². The Labute approximate surface area is 103 Å². The molecule has 0 bridgehead atoms. The molecule has 0 aromatic heterocycles. The summed E-state index contributed by atoms with van der Waals surface area (Å²) in [6, 6.07) is 6.76. The molecule has 1 aromatic carbocycles. The summed E-state index contributed by atoms with van der Waals surface area (Å²) in [5.41, 5.74) is 1.01. The molecule has 0 amide bonds. The fourth-order valence-corrected chi connectivity index (χ4v) is 2.95. The normalized spacial score (nSPS) is 19.2. The van der Waals surface area contributed by atoms with Crippen LogP contribution in [0.1, 0.15) is 37.7 Å². The molecule has 0 radical (unpaired) electrons. The first-order valence-corrected chi connectivity index (χ1v) is 6.65. The van der Waals surface area contributed by atoms with E-state index in [2.05, 4.69) is 0 Å². The van der Waals surface area contributed by atoms with Crippen LogP contribution in [0, 0.1) is 17.7 Å². The summed E-state index contributed by atoms with van der Waals surface area (Å²) in [6.45, 7) is 0.223. The summed E-state index contributed by atoms with van der Waals surface area (Å²) in [4.78, 5) is 0. The van der Waals surface area contributed by atoms with Gasteiger partial charge in [0.15, 0.2) is 0 Å². The molecule has 17 heavy (non-hydrogen) atoms. The van der Waals surface area contributed by atoms with E-state index in [-0.39, 0.29) is 12.4 Å². The third-order valence-corrected chi connectivity index (χ3v) is 3.94. The molecule has 1 N–H and O–H groups in total. The van der Waals surface area contributed by atoms with Crippen LogP contribution >= 0.6 is 0 Å². The number of aliphatic hydroxyl groups is 1. The second-order valence-electron chi connectivity index (χ2n) is 5.17. The number of halogens is 1. The maximum absolute atomic E-state index is 13.1. The SMILES string of the molecule is OCC(Cc1cccc(F)c1)C1CCCCC1. The van der Waals surface area contributed by atoms with E-state index in [0.29, 0.717) is 11.8 Å². The summed E-state index contributed by atoms with van der Waals surface area (Å²) in [5.74, 6) is 0.747. The average molecular weight is 236 g/mol. The van der Waals surface area contributed by atoms with Gasteiger partial charge in [0.25, 0.3) is 0 Å². The summed E-state index contributed by atoms with van der Waals surface area (Å²) in [5, 5.41) is 9.52. The van der Waals surface area contributed by atoms with E-state index in [1.165, 1.54) is 38.2 Å². The zero-order chi connectivity index (χ0) is 12.1. The van der Waals surface area contributed by atoms with Crippen molar-refractivity contribution in [3.63, 3.8) is 0 Å². The van der Waals surface area contributed by atoms with Crippen molar-refractivity contribution in [1.82, 2.24) is 0 Å². The predicted octanol–water partition coefficient (Wildman–Crippen LogP) is 3.56. The van der Waals surface area contributed by atoms with Crippen LogP contribution in [-0.4, -0.2) is 11.7 Å². The monoisotopic (exact) mass is 236 g/mol. The minimum Gasteiger partial charge on any atom is -0.396 e. The number of benzene rings is 1. The summed E-state index contributed by atoms with van der Waals surface area (Å²) in [7, 11) is 0. The average Bonchev–Trinajstić information content (AvgIpc) is 2.37. The topological polar surface area (TPSA) is 20.2 Å². The molecule has 1 atom stereocenters. The molecule has 1 fully saturated rings. The van der Waals surface area contributed by atoms with Crippen LogP contribution in [0.2, 0.25) is 0 Å². The van der Waals surface area contributed by atoms with Gasteiger partial charge in [-0.15, -0.1) is 0 Å². The van der Waals surface area contributed by atoms with E-state index in [9.17, 15) is 9.50 Å². The molecule has 1 aromatic rings. The molecule has 1 aliphatic rings. The quantitative estimate of drug-likeness (QED) is 0.847. The molecule has 1 unspecified atom stereocenters. The van der Waals surface area contributed by atoms with Crippen molar-refractivity contribution in [2.45, 2.75) is 38.5 Å². The molecule has 0 saturated heterocycles. The maximum atomic E-state index is 13.1. The highest BCUT2D eigenvalue weighted by molar-refractivity contribution is 5.17. The Balaban J connectivity index is 1.98. The molecular weight excluding hydrogens is 215 g/mol. The van der Waals surface area contributed by atoms with Gasteiger partial charge in [0, 0.05) is 6.61 Å². The Bertz CT molecular complexity index is 345. The van der Waals surface area contributed by atoms with Crippen molar-refractivity contribution in [1.29, 1.82) is 0 Å². The van der Waals surface area contributed by atoms with Crippen LogP contribution in [0.3, 0.4) is 0 Å². The molecule has 2 heteroatoms. The third kappa shape index (κ3) is 3.53. The number of aliphatic hydroxyl groups excluding tert-OH is 1. The standard InChI is InChI=1S/C15H21FO/c16-15-8-4-5-12(10-15)9-14(11-17)13-6-2-1-3-7-13/h4-5,8,10,13-14,17H,1-3,6-7,9,11H2. The lowest BCUT2D eigenvalue weighted by molar-refractivity contribution is 0.147. The van der Waals surface area contributed by atoms with Crippen LogP contribution in [0.25, 0.3) is 0 Å². The van der Waals surface area contributed by atoms with E-state index in [4.69, 9.17) is 0 Å². The molecule has 1 nitrogen and oxygen atoms in total. The summed E-state index contributed by atoms with van der Waals surface area (Å²) < 4.78 is 13.1. The highest BCUT2D eigenvalue weighted by Crippen LogP contribution is 2.31. The van der Waals surface area contributed by atoms with Crippen molar-refractivity contribution in [3.05, 3.63) is 35.6 Å². The van der Waals surface area contributed by atoms with Crippen molar-refractivity contribution in [2.75, 3.05) is 6.61 Å². The van der Waals surface area contributed by atoms with Gasteiger partial charge in [0.2, 0.25) is 0 Å². The Morgan fingerprint density at radius 2 is 2.00 bits per heavy atom. The Kier molecular flexibility index (Phi) is 4.55. The fourth-order valence-electron chi connectivity index (χ4n) is 2.95. The second kappa shape index (κ2) is 6.15. The van der Waals surface area contributed by atoms with Gasteiger partial charge in [0.1, 0.15) is 5.82 Å². The minimum absolute atomic E-state index is 0.178. The first-order valence-electron chi connectivity index (χ1n) is 6.65. The highest BCUT2D eigenvalue weighted by atomic mass is 19.1.